The zero-order valence-corrected chi connectivity index (χ0v) is 8.41. The number of hydrogen-bond acceptors (Lipinski definition) is 5. The first-order valence-corrected chi connectivity index (χ1v) is 4.65. The lowest BCUT2D eigenvalue weighted by atomic mass is 10.1. The Balaban J connectivity index is 2.07. The third kappa shape index (κ3) is 2.35. The third-order valence-electron chi connectivity index (χ3n) is 2.02. The first kappa shape index (κ1) is 9.72. The van der Waals surface area contributed by atoms with Crippen LogP contribution < -0.4 is 5.73 Å². The highest BCUT2D eigenvalue weighted by Crippen LogP contribution is 2.09. The van der Waals surface area contributed by atoms with Gasteiger partial charge < -0.3 is 5.73 Å². The normalized spacial score (nSPS) is 12.7. The molecule has 0 aliphatic carbocycles. The predicted octanol–water partition coefficient (Wildman–Crippen LogP) is -0.152. The van der Waals surface area contributed by atoms with Gasteiger partial charge in [-0.05, 0) is 17.3 Å². The minimum absolute atomic E-state index is 0.185. The number of nitrogens with two attached hydrogens (primary N) is 1. The molecule has 6 nitrogen and oxygen atoms in total. The number of tetrazole rings is 1. The molecule has 15 heavy (non-hydrogen) atoms. The fraction of sp³-hybridized carbons (Fsp3) is 0.333. The fourth-order valence-corrected chi connectivity index (χ4v) is 1.30. The molecular weight excluding hydrogens is 192 g/mol. The number of pyridine rings is 1. The van der Waals surface area contributed by atoms with Crippen molar-refractivity contribution in [2.24, 2.45) is 12.8 Å². The van der Waals surface area contributed by atoms with Gasteiger partial charge in [0.15, 0.2) is 5.82 Å². The summed E-state index contributed by atoms with van der Waals surface area (Å²) in [5.41, 5.74) is 6.79. The summed E-state index contributed by atoms with van der Waals surface area (Å²) in [6.07, 6.45) is 2.27. The van der Waals surface area contributed by atoms with E-state index in [0.717, 1.165) is 5.69 Å². The van der Waals surface area contributed by atoms with Crippen molar-refractivity contribution in [1.82, 2.24) is 25.2 Å². The van der Waals surface area contributed by atoms with E-state index in [0.29, 0.717) is 12.2 Å². The molecule has 0 aliphatic rings. The lowest BCUT2D eigenvalue weighted by molar-refractivity contribution is 0.620. The minimum Gasteiger partial charge on any atom is -0.322 e. The molecule has 0 saturated heterocycles. The summed E-state index contributed by atoms with van der Waals surface area (Å²) in [4.78, 5) is 5.59. The van der Waals surface area contributed by atoms with Gasteiger partial charge in [0.2, 0.25) is 0 Å². The topological polar surface area (TPSA) is 82.5 Å². The van der Waals surface area contributed by atoms with E-state index in [9.17, 15) is 0 Å². The molecule has 0 saturated carbocycles. The van der Waals surface area contributed by atoms with Gasteiger partial charge in [0, 0.05) is 12.6 Å². The monoisotopic (exact) mass is 204 g/mol. The highest BCUT2D eigenvalue weighted by atomic mass is 15.6. The lowest BCUT2D eigenvalue weighted by Crippen LogP contribution is -2.15. The molecule has 1 unspecified atom stereocenters. The smallest absolute Gasteiger partial charge is 0.176 e. The van der Waals surface area contributed by atoms with Crippen LogP contribution in [0.15, 0.2) is 24.4 Å². The van der Waals surface area contributed by atoms with Crippen LogP contribution in [-0.2, 0) is 13.5 Å². The van der Waals surface area contributed by atoms with Crippen LogP contribution in [0.3, 0.4) is 0 Å². The van der Waals surface area contributed by atoms with Crippen LogP contribution in [-0.4, -0.2) is 25.2 Å². The molecule has 6 heteroatoms. The summed E-state index contributed by atoms with van der Waals surface area (Å²) < 4.78 is 0. The molecule has 0 fully saturated rings. The van der Waals surface area contributed by atoms with E-state index in [-0.39, 0.29) is 6.04 Å². The highest BCUT2D eigenvalue weighted by Gasteiger charge is 2.11. The number of aryl methyl sites for hydroxylation is 1. The van der Waals surface area contributed by atoms with Crippen molar-refractivity contribution in [3.05, 3.63) is 35.9 Å². The van der Waals surface area contributed by atoms with E-state index >= 15 is 0 Å². The van der Waals surface area contributed by atoms with Crippen LogP contribution in [0.5, 0.6) is 0 Å². The molecule has 2 aromatic rings. The second kappa shape index (κ2) is 4.14. The quantitative estimate of drug-likeness (QED) is 0.751. The van der Waals surface area contributed by atoms with Crippen molar-refractivity contribution < 1.29 is 0 Å². The van der Waals surface area contributed by atoms with Gasteiger partial charge in [-0.15, -0.1) is 10.2 Å². The maximum absolute atomic E-state index is 5.96. The molecule has 0 bridgehead atoms. The first-order chi connectivity index (χ1) is 7.25. The SMILES string of the molecule is Cn1nnc(CC(N)c2ccccn2)n1. The van der Waals surface area contributed by atoms with Gasteiger partial charge in [-0.3, -0.25) is 4.98 Å². The minimum atomic E-state index is -0.185. The van der Waals surface area contributed by atoms with E-state index in [1.54, 1.807) is 13.2 Å². The fourth-order valence-electron chi connectivity index (χ4n) is 1.30. The zero-order valence-electron chi connectivity index (χ0n) is 8.41. The van der Waals surface area contributed by atoms with Gasteiger partial charge in [-0.25, -0.2) is 0 Å². The van der Waals surface area contributed by atoms with E-state index < -0.39 is 0 Å². The van der Waals surface area contributed by atoms with Gasteiger partial charge in [0.25, 0.3) is 0 Å². The van der Waals surface area contributed by atoms with E-state index in [2.05, 4.69) is 20.4 Å². The van der Waals surface area contributed by atoms with Crippen LogP contribution in [0, 0.1) is 0 Å². The van der Waals surface area contributed by atoms with Crippen molar-refractivity contribution >= 4 is 0 Å². The lowest BCUT2D eigenvalue weighted by Gasteiger charge is -2.07. The molecule has 2 aromatic heterocycles. The second-order valence-corrected chi connectivity index (χ2v) is 3.26. The molecule has 0 aromatic carbocycles. The Labute approximate surface area is 87.1 Å². The van der Waals surface area contributed by atoms with Gasteiger partial charge in [-0.2, -0.15) is 4.80 Å². The molecule has 1 atom stereocenters. The van der Waals surface area contributed by atoms with Crippen LogP contribution in [0.4, 0.5) is 0 Å². The molecule has 2 rings (SSSR count). The van der Waals surface area contributed by atoms with Crippen molar-refractivity contribution in [3.8, 4) is 0 Å². The Morgan fingerprint density at radius 3 is 2.93 bits per heavy atom. The van der Waals surface area contributed by atoms with Gasteiger partial charge in [-0.1, -0.05) is 6.07 Å². The highest BCUT2D eigenvalue weighted by molar-refractivity contribution is 5.09. The average molecular weight is 204 g/mol. The molecule has 0 radical (unpaired) electrons. The molecule has 78 valence electrons. The van der Waals surface area contributed by atoms with Crippen molar-refractivity contribution in [1.29, 1.82) is 0 Å². The Kier molecular flexibility index (Phi) is 2.68. The summed E-state index contributed by atoms with van der Waals surface area (Å²) in [6, 6.07) is 5.47. The summed E-state index contributed by atoms with van der Waals surface area (Å²) in [5, 5.41) is 11.7. The molecule has 2 heterocycles. The van der Waals surface area contributed by atoms with Crippen molar-refractivity contribution in [2.45, 2.75) is 12.5 Å². The van der Waals surface area contributed by atoms with Gasteiger partial charge >= 0.3 is 0 Å². The predicted molar refractivity (Wildman–Crippen MR) is 53.7 cm³/mol. The zero-order chi connectivity index (χ0) is 10.7. The Bertz CT molecular complexity index is 423. The summed E-state index contributed by atoms with van der Waals surface area (Å²) >= 11 is 0. The van der Waals surface area contributed by atoms with Crippen LogP contribution in [0.1, 0.15) is 17.6 Å². The maximum atomic E-state index is 5.96. The van der Waals surface area contributed by atoms with Gasteiger partial charge in [0.05, 0.1) is 18.8 Å². The Morgan fingerprint density at radius 2 is 2.33 bits per heavy atom. The van der Waals surface area contributed by atoms with E-state index in [1.807, 2.05) is 18.2 Å². The van der Waals surface area contributed by atoms with Crippen molar-refractivity contribution in [3.63, 3.8) is 0 Å². The number of hydrogen-bond donors (Lipinski definition) is 1. The van der Waals surface area contributed by atoms with Crippen LogP contribution in [0.2, 0.25) is 0 Å². The molecule has 2 N–H and O–H groups in total. The Morgan fingerprint density at radius 1 is 1.47 bits per heavy atom. The van der Waals surface area contributed by atoms with Crippen LogP contribution >= 0.6 is 0 Å². The maximum Gasteiger partial charge on any atom is 0.176 e. The number of rotatable bonds is 3. The summed E-state index contributed by atoms with van der Waals surface area (Å²) in [7, 11) is 1.72. The molecule has 0 spiro atoms. The number of nitrogens with zero attached hydrogens (tertiary/aromatic N) is 5. The average Bonchev–Trinajstić information content (AvgIpc) is 2.65. The summed E-state index contributed by atoms with van der Waals surface area (Å²) in [6.45, 7) is 0. The largest absolute Gasteiger partial charge is 0.322 e. The standard InChI is InChI=1S/C9H12N6/c1-15-13-9(12-14-15)6-7(10)8-4-2-3-5-11-8/h2-5,7H,6,10H2,1H3. The molecular formula is C9H12N6. The third-order valence-corrected chi connectivity index (χ3v) is 2.02. The number of aromatic nitrogens is 5. The van der Waals surface area contributed by atoms with E-state index in [4.69, 9.17) is 5.73 Å². The van der Waals surface area contributed by atoms with Gasteiger partial charge in [0.1, 0.15) is 0 Å². The Hall–Kier alpha value is -1.82. The molecule has 0 amide bonds. The van der Waals surface area contributed by atoms with E-state index in [1.165, 1.54) is 4.80 Å². The first-order valence-electron chi connectivity index (χ1n) is 4.65. The molecule has 0 aliphatic heterocycles. The summed E-state index contributed by atoms with van der Waals surface area (Å²) in [5.74, 6) is 0.635. The van der Waals surface area contributed by atoms with Crippen LogP contribution in [0.25, 0.3) is 0 Å². The van der Waals surface area contributed by atoms with Crippen molar-refractivity contribution in [2.75, 3.05) is 0 Å². The second-order valence-electron chi connectivity index (χ2n) is 3.26.